The third-order valence-electron chi connectivity index (χ3n) is 3.90. The van der Waals surface area contributed by atoms with E-state index in [1.54, 1.807) is 18.3 Å². The van der Waals surface area contributed by atoms with Crippen LogP contribution in [0.5, 0.6) is 11.5 Å². The van der Waals surface area contributed by atoms with Crippen LogP contribution in [0.25, 0.3) is 21.5 Å². The minimum Gasteiger partial charge on any atom is -0.457 e. The number of benzene rings is 3. The monoisotopic (exact) mass is 316 g/mol. The van der Waals surface area contributed by atoms with E-state index in [-0.39, 0.29) is 5.69 Å². The molecule has 0 saturated carbocycles. The summed E-state index contributed by atoms with van der Waals surface area (Å²) in [5.74, 6) is 1.24. The van der Waals surface area contributed by atoms with E-state index < -0.39 is 4.92 Å². The zero-order valence-corrected chi connectivity index (χ0v) is 12.5. The first-order valence-electron chi connectivity index (χ1n) is 7.40. The number of pyridine rings is 1. The van der Waals surface area contributed by atoms with Crippen LogP contribution in [0, 0.1) is 10.1 Å². The predicted octanol–water partition coefficient (Wildman–Crippen LogP) is 5.09. The molecule has 0 spiro atoms. The summed E-state index contributed by atoms with van der Waals surface area (Å²) in [5.41, 5.74) is 0.0176. The predicted molar refractivity (Wildman–Crippen MR) is 92.4 cm³/mol. The van der Waals surface area contributed by atoms with Crippen molar-refractivity contribution in [3.05, 3.63) is 83.2 Å². The number of non-ortho nitro benzene ring substituents is 1. The number of aromatic nitrogens is 1. The van der Waals surface area contributed by atoms with Gasteiger partial charge in [0.25, 0.3) is 5.69 Å². The van der Waals surface area contributed by atoms with Crippen molar-refractivity contribution < 1.29 is 9.66 Å². The van der Waals surface area contributed by atoms with Crippen molar-refractivity contribution in [2.24, 2.45) is 0 Å². The van der Waals surface area contributed by atoms with E-state index in [0.717, 1.165) is 10.8 Å². The Morgan fingerprint density at radius 2 is 1.75 bits per heavy atom. The Morgan fingerprint density at radius 1 is 0.917 bits per heavy atom. The van der Waals surface area contributed by atoms with Crippen LogP contribution in [0.4, 0.5) is 5.69 Å². The van der Waals surface area contributed by atoms with Gasteiger partial charge in [-0.2, -0.15) is 0 Å². The molecule has 1 heterocycles. The van der Waals surface area contributed by atoms with Crippen molar-refractivity contribution in [2.75, 3.05) is 0 Å². The van der Waals surface area contributed by atoms with Gasteiger partial charge in [-0.15, -0.1) is 0 Å². The lowest BCUT2D eigenvalue weighted by atomic mass is 10.1. The third kappa shape index (κ3) is 2.42. The van der Waals surface area contributed by atoms with E-state index in [2.05, 4.69) is 4.98 Å². The van der Waals surface area contributed by atoms with Crippen molar-refractivity contribution in [3.8, 4) is 11.5 Å². The lowest BCUT2D eigenvalue weighted by Crippen LogP contribution is -1.92. The molecule has 0 aliphatic heterocycles. The Balaban J connectivity index is 1.81. The highest BCUT2D eigenvalue weighted by Crippen LogP contribution is 2.35. The topological polar surface area (TPSA) is 65.3 Å². The van der Waals surface area contributed by atoms with Gasteiger partial charge in [-0.05, 0) is 35.0 Å². The van der Waals surface area contributed by atoms with Crippen molar-refractivity contribution >= 4 is 27.2 Å². The molecule has 0 atom stereocenters. The number of nitrogens with zero attached hydrogens (tertiary/aromatic N) is 2. The molecule has 0 aliphatic carbocycles. The summed E-state index contributed by atoms with van der Waals surface area (Å²) in [6.45, 7) is 0. The molecule has 0 aliphatic rings. The summed E-state index contributed by atoms with van der Waals surface area (Å²) in [5, 5.41) is 14.5. The van der Waals surface area contributed by atoms with E-state index in [1.807, 2.05) is 42.5 Å². The molecule has 5 nitrogen and oxygen atoms in total. The number of rotatable bonds is 3. The van der Waals surface area contributed by atoms with Crippen LogP contribution in [0.2, 0.25) is 0 Å². The van der Waals surface area contributed by atoms with Crippen LogP contribution >= 0.6 is 0 Å². The Kier molecular flexibility index (Phi) is 3.31. The van der Waals surface area contributed by atoms with Crippen LogP contribution in [0.3, 0.4) is 0 Å². The number of nitro benzene ring substituents is 1. The second-order valence-electron chi connectivity index (χ2n) is 5.37. The second kappa shape index (κ2) is 5.62. The summed E-state index contributed by atoms with van der Waals surface area (Å²) in [4.78, 5) is 14.7. The SMILES string of the molecule is O=[N+]([O-])c1ccc(Oc2ccc3ccccc3c2)c2ccncc12. The van der Waals surface area contributed by atoms with Gasteiger partial charge in [0.15, 0.2) is 0 Å². The van der Waals surface area contributed by atoms with Gasteiger partial charge >= 0.3 is 0 Å². The van der Waals surface area contributed by atoms with Crippen molar-refractivity contribution in [3.63, 3.8) is 0 Å². The maximum atomic E-state index is 11.2. The van der Waals surface area contributed by atoms with Gasteiger partial charge in [-0.3, -0.25) is 15.1 Å². The average molecular weight is 316 g/mol. The van der Waals surface area contributed by atoms with Gasteiger partial charge in [0, 0.05) is 23.8 Å². The average Bonchev–Trinajstić information content (AvgIpc) is 2.61. The molecule has 0 amide bonds. The molecule has 4 rings (SSSR count). The molecule has 4 aromatic rings. The van der Waals surface area contributed by atoms with Gasteiger partial charge in [0.2, 0.25) is 0 Å². The molecule has 0 fully saturated rings. The number of nitro groups is 1. The normalized spacial score (nSPS) is 10.8. The highest BCUT2D eigenvalue weighted by molar-refractivity contribution is 5.95. The van der Waals surface area contributed by atoms with Gasteiger partial charge in [0.1, 0.15) is 11.5 Å². The number of ether oxygens (including phenoxy) is 1. The Bertz CT molecular complexity index is 1080. The fourth-order valence-electron chi connectivity index (χ4n) is 2.75. The van der Waals surface area contributed by atoms with E-state index in [4.69, 9.17) is 4.74 Å². The fraction of sp³-hybridized carbons (Fsp3) is 0. The Hall–Kier alpha value is -3.47. The first-order chi connectivity index (χ1) is 11.7. The second-order valence-corrected chi connectivity index (χ2v) is 5.37. The first kappa shape index (κ1) is 14.1. The van der Waals surface area contributed by atoms with Gasteiger partial charge in [0.05, 0.1) is 10.3 Å². The van der Waals surface area contributed by atoms with E-state index in [0.29, 0.717) is 22.3 Å². The largest absolute Gasteiger partial charge is 0.457 e. The van der Waals surface area contributed by atoms with E-state index in [9.17, 15) is 10.1 Å². The molecule has 3 aromatic carbocycles. The number of hydrogen-bond acceptors (Lipinski definition) is 4. The standard InChI is InChI=1S/C19H12N2O3/c22-21(23)18-7-8-19(16-9-10-20-12-17(16)18)24-15-6-5-13-3-1-2-4-14(13)11-15/h1-12H. The third-order valence-corrected chi connectivity index (χ3v) is 3.90. The maximum Gasteiger partial charge on any atom is 0.279 e. The van der Waals surface area contributed by atoms with E-state index >= 15 is 0 Å². The van der Waals surface area contributed by atoms with Gasteiger partial charge < -0.3 is 4.74 Å². The van der Waals surface area contributed by atoms with Crippen LogP contribution in [-0.2, 0) is 0 Å². The molecule has 0 radical (unpaired) electrons. The van der Waals surface area contributed by atoms with Crippen LogP contribution in [0.15, 0.2) is 73.1 Å². The summed E-state index contributed by atoms with van der Waals surface area (Å²) in [7, 11) is 0. The van der Waals surface area contributed by atoms with Gasteiger partial charge in [-0.25, -0.2) is 0 Å². The van der Waals surface area contributed by atoms with E-state index in [1.165, 1.54) is 12.3 Å². The van der Waals surface area contributed by atoms with Crippen LogP contribution in [-0.4, -0.2) is 9.91 Å². The molecule has 0 bridgehead atoms. The van der Waals surface area contributed by atoms with Crippen LogP contribution < -0.4 is 4.74 Å². The zero-order valence-electron chi connectivity index (χ0n) is 12.5. The molecular weight excluding hydrogens is 304 g/mol. The number of fused-ring (bicyclic) bond motifs is 2. The lowest BCUT2D eigenvalue weighted by Gasteiger charge is -2.10. The van der Waals surface area contributed by atoms with Crippen molar-refractivity contribution in [1.29, 1.82) is 0 Å². The lowest BCUT2D eigenvalue weighted by molar-refractivity contribution is -0.383. The Morgan fingerprint density at radius 3 is 2.58 bits per heavy atom. The molecular formula is C19H12N2O3. The molecule has 24 heavy (non-hydrogen) atoms. The molecule has 1 aromatic heterocycles. The van der Waals surface area contributed by atoms with Gasteiger partial charge in [-0.1, -0.05) is 30.3 Å². The molecule has 116 valence electrons. The summed E-state index contributed by atoms with van der Waals surface area (Å²) in [6.07, 6.45) is 3.08. The quantitative estimate of drug-likeness (QED) is 0.390. The smallest absolute Gasteiger partial charge is 0.279 e. The molecule has 0 N–H and O–H groups in total. The fourth-order valence-corrected chi connectivity index (χ4v) is 2.75. The van der Waals surface area contributed by atoms with Crippen LogP contribution in [0.1, 0.15) is 0 Å². The highest BCUT2D eigenvalue weighted by atomic mass is 16.6. The van der Waals surface area contributed by atoms with Crippen molar-refractivity contribution in [1.82, 2.24) is 4.98 Å². The number of hydrogen-bond donors (Lipinski definition) is 0. The molecule has 0 saturated heterocycles. The minimum absolute atomic E-state index is 0.0176. The van der Waals surface area contributed by atoms with Crippen molar-refractivity contribution in [2.45, 2.75) is 0 Å². The summed E-state index contributed by atoms with van der Waals surface area (Å²) >= 11 is 0. The summed E-state index contributed by atoms with van der Waals surface area (Å²) in [6, 6.07) is 18.6. The molecule has 0 unspecified atom stereocenters. The zero-order chi connectivity index (χ0) is 16.5. The Labute approximate surface area is 137 Å². The highest BCUT2D eigenvalue weighted by Gasteiger charge is 2.15. The first-order valence-corrected chi connectivity index (χ1v) is 7.40. The minimum atomic E-state index is -0.413. The summed E-state index contributed by atoms with van der Waals surface area (Å²) < 4.78 is 5.98. The molecule has 5 heteroatoms. The maximum absolute atomic E-state index is 11.2.